The van der Waals surface area contributed by atoms with Crippen molar-refractivity contribution < 1.29 is 14.3 Å². The van der Waals surface area contributed by atoms with Crippen LogP contribution in [0.5, 0.6) is 11.5 Å². The Bertz CT molecular complexity index is 1000. The van der Waals surface area contributed by atoms with Crippen LogP contribution in [0.4, 0.5) is 17.3 Å². The second kappa shape index (κ2) is 7.56. The van der Waals surface area contributed by atoms with Gasteiger partial charge in [0.15, 0.2) is 0 Å². The van der Waals surface area contributed by atoms with Crippen LogP contribution in [0, 0.1) is 0 Å². The number of amides is 1. The molecule has 0 radical (unpaired) electrons. The highest BCUT2D eigenvalue weighted by atomic mass is 16.5. The molecule has 7 heteroatoms. The van der Waals surface area contributed by atoms with Crippen LogP contribution in [0.15, 0.2) is 54.9 Å². The monoisotopic (exact) mass is 376 g/mol. The maximum Gasteiger partial charge on any atom is 0.258 e. The zero-order valence-electron chi connectivity index (χ0n) is 15.7. The Hall–Kier alpha value is -3.61. The molecule has 0 saturated heterocycles. The van der Waals surface area contributed by atoms with Gasteiger partial charge in [0.05, 0.1) is 25.5 Å². The van der Waals surface area contributed by atoms with Gasteiger partial charge in [-0.05, 0) is 30.2 Å². The van der Waals surface area contributed by atoms with Gasteiger partial charge in [0.25, 0.3) is 5.91 Å². The van der Waals surface area contributed by atoms with Crippen LogP contribution in [0.1, 0.15) is 15.9 Å². The van der Waals surface area contributed by atoms with E-state index in [1.54, 1.807) is 32.4 Å². The van der Waals surface area contributed by atoms with E-state index in [0.29, 0.717) is 28.7 Å². The van der Waals surface area contributed by atoms with E-state index in [4.69, 9.17) is 9.47 Å². The number of benzene rings is 2. The maximum absolute atomic E-state index is 12.6. The van der Waals surface area contributed by atoms with Crippen molar-refractivity contribution >= 4 is 23.2 Å². The molecule has 7 nitrogen and oxygen atoms in total. The molecule has 28 heavy (non-hydrogen) atoms. The highest BCUT2D eigenvalue weighted by Crippen LogP contribution is 2.32. The molecule has 1 N–H and O–H groups in total. The smallest absolute Gasteiger partial charge is 0.258 e. The van der Waals surface area contributed by atoms with E-state index in [2.05, 4.69) is 32.3 Å². The van der Waals surface area contributed by atoms with Gasteiger partial charge in [0.2, 0.25) is 5.95 Å². The largest absolute Gasteiger partial charge is 0.497 e. The zero-order chi connectivity index (χ0) is 19.5. The first-order chi connectivity index (χ1) is 13.7. The number of ether oxygens (including phenoxy) is 2. The average molecular weight is 376 g/mol. The minimum Gasteiger partial charge on any atom is -0.497 e. The Kier molecular flexibility index (Phi) is 4.80. The summed E-state index contributed by atoms with van der Waals surface area (Å²) in [6, 6.07) is 13.4. The lowest BCUT2D eigenvalue weighted by Crippen LogP contribution is -2.18. The van der Waals surface area contributed by atoms with Gasteiger partial charge in [-0.3, -0.25) is 4.79 Å². The molecule has 0 aliphatic carbocycles. The van der Waals surface area contributed by atoms with Crippen LogP contribution in [-0.2, 0) is 6.42 Å². The number of nitrogens with one attached hydrogen (secondary N) is 1. The summed E-state index contributed by atoms with van der Waals surface area (Å²) in [6.45, 7) is 0.825. The molecule has 1 aliphatic heterocycles. The van der Waals surface area contributed by atoms with E-state index in [-0.39, 0.29) is 5.91 Å². The summed E-state index contributed by atoms with van der Waals surface area (Å²) in [5, 5.41) is 2.82. The summed E-state index contributed by atoms with van der Waals surface area (Å²) in [6.07, 6.45) is 4.02. The second-order valence-electron chi connectivity index (χ2n) is 6.32. The first-order valence-electron chi connectivity index (χ1n) is 8.90. The van der Waals surface area contributed by atoms with E-state index >= 15 is 0 Å². The van der Waals surface area contributed by atoms with Crippen molar-refractivity contribution in [2.45, 2.75) is 6.42 Å². The molecule has 4 rings (SSSR count). The SMILES string of the molecule is COc1ccc(OC)c(NC(=O)c2cnc(N3CCc4ccccc43)nc2)c1. The number of nitrogens with zero attached hydrogens (tertiary/aromatic N) is 3. The van der Waals surface area contributed by atoms with Gasteiger partial charge in [-0.25, -0.2) is 9.97 Å². The first kappa shape index (κ1) is 17.8. The highest BCUT2D eigenvalue weighted by molar-refractivity contribution is 6.04. The van der Waals surface area contributed by atoms with Gasteiger partial charge in [-0.1, -0.05) is 18.2 Å². The summed E-state index contributed by atoms with van der Waals surface area (Å²) in [7, 11) is 3.11. The third-order valence-corrected chi connectivity index (χ3v) is 4.68. The van der Waals surface area contributed by atoms with Crippen molar-refractivity contribution in [2.24, 2.45) is 0 Å². The van der Waals surface area contributed by atoms with E-state index in [1.165, 1.54) is 18.0 Å². The predicted molar refractivity (Wildman–Crippen MR) is 107 cm³/mol. The van der Waals surface area contributed by atoms with Crippen LogP contribution in [-0.4, -0.2) is 36.6 Å². The lowest BCUT2D eigenvalue weighted by atomic mass is 10.2. The van der Waals surface area contributed by atoms with Crippen molar-refractivity contribution in [3.05, 3.63) is 66.0 Å². The highest BCUT2D eigenvalue weighted by Gasteiger charge is 2.22. The quantitative estimate of drug-likeness (QED) is 0.735. The molecular formula is C21H20N4O3. The molecule has 2 aromatic carbocycles. The van der Waals surface area contributed by atoms with Crippen molar-refractivity contribution in [1.82, 2.24) is 9.97 Å². The number of rotatable bonds is 5. The molecule has 1 amide bonds. The summed E-state index contributed by atoms with van der Waals surface area (Å²) in [4.78, 5) is 23.5. The van der Waals surface area contributed by atoms with E-state index in [1.807, 2.05) is 12.1 Å². The number of carbonyl (C=O) groups excluding carboxylic acids is 1. The molecule has 0 atom stereocenters. The molecule has 3 aromatic rings. The Morgan fingerprint density at radius 1 is 1.07 bits per heavy atom. The fraction of sp³-hybridized carbons (Fsp3) is 0.190. The molecule has 0 fully saturated rings. The van der Waals surface area contributed by atoms with Crippen molar-refractivity contribution in [3.8, 4) is 11.5 Å². The number of fused-ring (bicyclic) bond motifs is 1. The molecule has 2 heterocycles. The molecule has 0 bridgehead atoms. The minimum absolute atomic E-state index is 0.320. The van der Waals surface area contributed by atoms with Gasteiger partial charge in [-0.15, -0.1) is 0 Å². The average Bonchev–Trinajstić information content (AvgIpc) is 3.18. The van der Waals surface area contributed by atoms with Crippen LogP contribution in [0.25, 0.3) is 0 Å². The topological polar surface area (TPSA) is 76.6 Å². The van der Waals surface area contributed by atoms with E-state index in [9.17, 15) is 4.79 Å². The van der Waals surface area contributed by atoms with Crippen LogP contribution < -0.4 is 19.7 Å². The minimum atomic E-state index is -0.320. The van der Waals surface area contributed by atoms with Crippen molar-refractivity contribution in [3.63, 3.8) is 0 Å². The Balaban J connectivity index is 1.53. The van der Waals surface area contributed by atoms with Gasteiger partial charge in [0.1, 0.15) is 11.5 Å². The van der Waals surface area contributed by atoms with E-state index in [0.717, 1.165) is 18.7 Å². The fourth-order valence-electron chi connectivity index (χ4n) is 3.23. The molecule has 1 aromatic heterocycles. The number of hydrogen-bond donors (Lipinski definition) is 1. The maximum atomic E-state index is 12.6. The number of methoxy groups -OCH3 is 2. The van der Waals surface area contributed by atoms with Crippen LogP contribution in [0.2, 0.25) is 0 Å². The predicted octanol–water partition coefficient (Wildman–Crippen LogP) is 3.44. The number of carbonyl (C=O) groups is 1. The van der Waals surface area contributed by atoms with Crippen LogP contribution in [0.3, 0.4) is 0 Å². The number of hydrogen-bond acceptors (Lipinski definition) is 6. The van der Waals surface area contributed by atoms with Gasteiger partial charge >= 0.3 is 0 Å². The zero-order valence-corrected chi connectivity index (χ0v) is 15.7. The number of aromatic nitrogens is 2. The van der Waals surface area contributed by atoms with Crippen molar-refractivity contribution in [1.29, 1.82) is 0 Å². The lowest BCUT2D eigenvalue weighted by molar-refractivity contribution is 0.102. The van der Waals surface area contributed by atoms with E-state index < -0.39 is 0 Å². The Morgan fingerprint density at radius 3 is 2.61 bits per heavy atom. The third kappa shape index (κ3) is 3.34. The summed E-state index contributed by atoms with van der Waals surface area (Å²) in [5.74, 6) is 1.43. The molecule has 142 valence electrons. The molecule has 0 saturated carbocycles. The second-order valence-corrected chi connectivity index (χ2v) is 6.32. The first-order valence-corrected chi connectivity index (χ1v) is 8.90. The van der Waals surface area contributed by atoms with Gasteiger partial charge in [-0.2, -0.15) is 0 Å². The standard InChI is InChI=1S/C21H20N4O3/c1-27-16-7-8-19(28-2)17(11-16)24-20(26)15-12-22-21(23-13-15)25-10-9-14-5-3-4-6-18(14)25/h3-8,11-13H,9-10H2,1-2H3,(H,24,26). The normalized spacial score (nSPS) is 12.4. The van der Waals surface area contributed by atoms with Crippen LogP contribution >= 0.6 is 0 Å². The van der Waals surface area contributed by atoms with Gasteiger partial charge in [0, 0.05) is 30.7 Å². The van der Waals surface area contributed by atoms with Crippen molar-refractivity contribution in [2.75, 3.05) is 31.0 Å². The molecule has 0 unspecified atom stereocenters. The summed E-state index contributed by atoms with van der Waals surface area (Å²) < 4.78 is 10.5. The summed E-state index contributed by atoms with van der Waals surface area (Å²) >= 11 is 0. The fourth-order valence-corrected chi connectivity index (χ4v) is 3.23. The Labute approximate surface area is 163 Å². The molecular weight excluding hydrogens is 356 g/mol. The van der Waals surface area contributed by atoms with Gasteiger partial charge < -0.3 is 19.7 Å². The Morgan fingerprint density at radius 2 is 1.86 bits per heavy atom. The molecule has 1 aliphatic rings. The third-order valence-electron chi connectivity index (χ3n) is 4.68. The lowest BCUT2D eigenvalue weighted by Gasteiger charge is -2.17. The number of para-hydroxylation sites is 1. The number of anilines is 3. The molecule has 0 spiro atoms. The summed E-state index contributed by atoms with van der Waals surface area (Å²) in [5.41, 5.74) is 3.27.